The number of carbonyl (C=O) groups excluding carboxylic acids is 1. The van der Waals surface area contributed by atoms with Gasteiger partial charge in [0.2, 0.25) is 0 Å². The fraction of sp³-hybridized carbons (Fsp3) is 0.333. The number of nitrogens with one attached hydrogen (secondary N) is 1. The van der Waals surface area contributed by atoms with Crippen LogP contribution >= 0.6 is 22.7 Å². The van der Waals surface area contributed by atoms with Crippen LogP contribution in [0.25, 0.3) is 0 Å². The molecule has 2 aromatic rings. The third-order valence-corrected chi connectivity index (χ3v) is 5.85. The van der Waals surface area contributed by atoms with Gasteiger partial charge in [0, 0.05) is 4.88 Å². The second kappa shape index (κ2) is 5.51. The van der Waals surface area contributed by atoms with Crippen LogP contribution in [0.5, 0.6) is 0 Å². The quantitative estimate of drug-likeness (QED) is 0.887. The first-order valence-corrected chi connectivity index (χ1v) is 8.48. The minimum Gasteiger partial charge on any atom is -0.397 e. The van der Waals surface area contributed by atoms with Gasteiger partial charge >= 0.3 is 0 Å². The summed E-state index contributed by atoms with van der Waals surface area (Å²) in [6.07, 6.45) is 3.02. The Morgan fingerprint density at radius 3 is 3.05 bits per heavy atom. The number of nitrogens with two attached hydrogens (primary N) is 1. The van der Waals surface area contributed by atoms with Gasteiger partial charge in [0.25, 0.3) is 5.91 Å². The summed E-state index contributed by atoms with van der Waals surface area (Å²) in [5.74, 6) is 0.407. The molecule has 21 heavy (non-hydrogen) atoms. The van der Waals surface area contributed by atoms with Gasteiger partial charge in [-0.2, -0.15) is 5.26 Å². The number of carbonyl (C=O) groups is 1. The first-order chi connectivity index (χ1) is 10.1. The number of nitrogen functional groups attached to an aromatic ring is 1. The third kappa shape index (κ3) is 2.55. The summed E-state index contributed by atoms with van der Waals surface area (Å²) in [6, 6.07) is 3.97. The van der Waals surface area contributed by atoms with E-state index in [2.05, 4.69) is 18.3 Å². The molecule has 3 N–H and O–H groups in total. The zero-order valence-corrected chi connectivity index (χ0v) is 13.2. The predicted octanol–water partition coefficient (Wildman–Crippen LogP) is 3.64. The molecule has 1 amide bonds. The standard InChI is InChI=1S/C15H15N3OS2/c1-8-2-3-9-10(7-16)15(21-12(9)6-8)18-14(19)13-11(17)4-5-20-13/h4-5,8H,2-3,6,17H2,1H3,(H,18,19). The number of nitrogens with zero attached hydrogens (tertiary/aromatic N) is 1. The summed E-state index contributed by atoms with van der Waals surface area (Å²) < 4.78 is 0. The number of anilines is 2. The largest absolute Gasteiger partial charge is 0.397 e. The number of rotatable bonds is 2. The van der Waals surface area contributed by atoms with Crippen molar-refractivity contribution in [2.24, 2.45) is 5.92 Å². The van der Waals surface area contributed by atoms with Gasteiger partial charge in [0.15, 0.2) is 0 Å². The van der Waals surface area contributed by atoms with Gasteiger partial charge in [0.05, 0.1) is 11.3 Å². The van der Waals surface area contributed by atoms with Gasteiger partial charge in [-0.1, -0.05) is 6.92 Å². The molecule has 1 atom stereocenters. The molecule has 0 aliphatic heterocycles. The minimum absolute atomic E-state index is 0.231. The number of amides is 1. The predicted molar refractivity (Wildman–Crippen MR) is 86.9 cm³/mol. The molecule has 0 spiro atoms. The van der Waals surface area contributed by atoms with Crippen LogP contribution in [0.15, 0.2) is 11.4 Å². The Morgan fingerprint density at radius 2 is 2.38 bits per heavy atom. The van der Waals surface area contributed by atoms with E-state index in [1.165, 1.54) is 27.6 Å². The Bertz CT molecular complexity index is 739. The molecule has 1 aliphatic rings. The molecule has 2 aromatic heterocycles. The van der Waals surface area contributed by atoms with Crippen LogP contribution < -0.4 is 11.1 Å². The lowest BCUT2D eigenvalue weighted by atomic mass is 9.89. The van der Waals surface area contributed by atoms with Gasteiger partial charge in [0.1, 0.15) is 15.9 Å². The maximum Gasteiger partial charge on any atom is 0.268 e. The summed E-state index contributed by atoms with van der Waals surface area (Å²) in [6.45, 7) is 2.22. The van der Waals surface area contributed by atoms with Crippen LogP contribution in [0, 0.1) is 17.2 Å². The van der Waals surface area contributed by atoms with Crippen molar-refractivity contribution in [3.05, 3.63) is 32.3 Å². The van der Waals surface area contributed by atoms with Crippen molar-refractivity contribution in [1.82, 2.24) is 0 Å². The molecule has 0 radical (unpaired) electrons. The van der Waals surface area contributed by atoms with E-state index in [0.29, 0.717) is 27.0 Å². The van der Waals surface area contributed by atoms with Crippen molar-refractivity contribution in [3.8, 4) is 6.07 Å². The lowest BCUT2D eigenvalue weighted by molar-refractivity contribution is 0.103. The molecule has 108 valence electrons. The topological polar surface area (TPSA) is 78.9 Å². The molecule has 0 saturated carbocycles. The molecular formula is C15H15N3OS2. The van der Waals surface area contributed by atoms with Crippen LogP contribution in [0.4, 0.5) is 10.7 Å². The number of thiophene rings is 2. The van der Waals surface area contributed by atoms with Crippen molar-refractivity contribution in [2.75, 3.05) is 11.1 Å². The number of fused-ring (bicyclic) bond motifs is 1. The Balaban J connectivity index is 1.91. The van der Waals surface area contributed by atoms with Gasteiger partial charge < -0.3 is 11.1 Å². The normalized spacial score (nSPS) is 17.0. The van der Waals surface area contributed by atoms with E-state index in [9.17, 15) is 10.1 Å². The summed E-state index contributed by atoms with van der Waals surface area (Å²) in [5, 5.41) is 14.7. The van der Waals surface area contributed by atoms with Gasteiger partial charge in [-0.15, -0.1) is 22.7 Å². The Hall–Kier alpha value is -1.84. The second-order valence-corrected chi connectivity index (χ2v) is 7.35. The van der Waals surface area contributed by atoms with Crippen LogP contribution in [-0.2, 0) is 12.8 Å². The average molecular weight is 317 g/mol. The molecule has 3 rings (SSSR count). The minimum atomic E-state index is -0.231. The lowest BCUT2D eigenvalue weighted by Gasteiger charge is -2.17. The van der Waals surface area contributed by atoms with E-state index in [1.807, 2.05) is 0 Å². The Morgan fingerprint density at radius 1 is 1.57 bits per heavy atom. The molecule has 0 saturated heterocycles. The third-order valence-electron chi connectivity index (χ3n) is 3.75. The van der Waals surface area contributed by atoms with E-state index < -0.39 is 0 Å². The highest BCUT2D eigenvalue weighted by Crippen LogP contribution is 2.39. The Kier molecular flexibility index (Phi) is 3.70. The highest BCUT2D eigenvalue weighted by atomic mass is 32.1. The van der Waals surface area contributed by atoms with Crippen molar-refractivity contribution in [3.63, 3.8) is 0 Å². The maximum absolute atomic E-state index is 12.3. The lowest BCUT2D eigenvalue weighted by Crippen LogP contribution is -2.12. The van der Waals surface area contributed by atoms with Crippen LogP contribution in [0.1, 0.15) is 39.0 Å². The summed E-state index contributed by atoms with van der Waals surface area (Å²) in [7, 11) is 0. The zero-order chi connectivity index (χ0) is 15.0. The van der Waals surface area contributed by atoms with Gasteiger partial charge in [-0.05, 0) is 42.2 Å². The summed E-state index contributed by atoms with van der Waals surface area (Å²) in [4.78, 5) is 14.0. The molecule has 0 bridgehead atoms. The maximum atomic E-state index is 12.3. The highest BCUT2D eigenvalue weighted by Gasteiger charge is 2.25. The first-order valence-electron chi connectivity index (χ1n) is 6.79. The smallest absolute Gasteiger partial charge is 0.268 e. The first kappa shape index (κ1) is 14.1. The fourth-order valence-electron chi connectivity index (χ4n) is 2.62. The van der Waals surface area contributed by atoms with Crippen molar-refractivity contribution >= 4 is 39.3 Å². The van der Waals surface area contributed by atoms with E-state index in [1.54, 1.807) is 11.4 Å². The molecule has 2 heterocycles. The summed E-state index contributed by atoms with van der Waals surface area (Å²) >= 11 is 2.84. The highest BCUT2D eigenvalue weighted by molar-refractivity contribution is 7.17. The monoisotopic (exact) mass is 317 g/mol. The second-order valence-electron chi connectivity index (χ2n) is 5.33. The average Bonchev–Trinajstić information content (AvgIpc) is 3.01. The number of hydrogen-bond acceptors (Lipinski definition) is 5. The SMILES string of the molecule is CC1CCc2c(sc(NC(=O)c3sccc3N)c2C#N)C1. The van der Waals surface area contributed by atoms with E-state index in [4.69, 9.17) is 5.73 Å². The van der Waals surface area contributed by atoms with E-state index in [0.717, 1.165) is 24.8 Å². The van der Waals surface area contributed by atoms with Crippen LogP contribution in [0.3, 0.4) is 0 Å². The Labute approximate surface area is 131 Å². The van der Waals surface area contributed by atoms with Crippen LogP contribution in [-0.4, -0.2) is 5.91 Å². The zero-order valence-electron chi connectivity index (χ0n) is 11.6. The molecular weight excluding hydrogens is 302 g/mol. The van der Waals surface area contributed by atoms with Crippen molar-refractivity contribution in [1.29, 1.82) is 5.26 Å². The van der Waals surface area contributed by atoms with Gasteiger partial charge in [-0.25, -0.2) is 0 Å². The van der Waals surface area contributed by atoms with Gasteiger partial charge in [-0.3, -0.25) is 4.79 Å². The summed E-state index contributed by atoms with van der Waals surface area (Å²) in [5.41, 5.74) is 8.00. The fourth-order valence-corrected chi connectivity index (χ4v) is 4.69. The molecule has 1 unspecified atom stereocenters. The molecule has 6 heteroatoms. The van der Waals surface area contributed by atoms with Crippen molar-refractivity contribution in [2.45, 2.75) is 26.2 Å². The van der Waals surface area contributed by atoms with E-state index in [-0.39, 0.29) is 5.91 Å². The molecule has 0 aromatic carbocycles. The molecule has 4 nitrogen and oxygen atoms in total. The van der Waals surface area contributed by atoms with Crippen LogP contribution in [0.2, 0.25) is 0 Å². The number of hydrogen-bond donors (Lipinski definition) is 2. The number of nitriles is 1. The molecule has 0 fully saturated rings. The molecule has 1 aliphatic carbocycles. The van der Waals surface area contributed by atoms with E-state index >= 15 is 0 Å². The van der Waals surface area contributed by atoms with Crippen molar-refractivity contribution < 1.29 is 4.79 Å².